The van der Waals surface area contributed by atoms with Crippen LogP contribution in [0, 0.1) is 5.92 Å². The Balaban J connectivity index is 1.49. The van der Waals surface area contributed by atoms with Crippen LogP contribution in [-0.4, -0.2) is 52.6 Å². The van der Waals surface area contributed by atoms with Gasteiger partial charge in [0.2, 0.25) is 11.8 Å². The Morgan fingerprint density at radius 3 is 2.64 bits per heavy atom. The van der Waals surface area contributed by atoms with E-state index in [-0.39, 0.29) is 24.3 Å². The summed E-state index contributed by atoms with van der Waals surface area (Å²) in [4.78, 5) is 31.8. The van der Waals surface area contributed by atoms with Crippen LogP contribution in [0.2, 0.25) is 0 Å². The summed E-state index contributed by atoms with van der Waals surface area (Å²) in [5, 5.41) is 3.06. The number of morpholine rings is 1. The van der Waals surface area contributed by atoms with E-state index in [2.05, 4.69) is 10.3 Å². The Kier molecular flexibility index (Phi) is 5.90. The number of carbonyl (C=O) groups is 2. The summed E-state index contributed by atoms with van der Waals surface area (Å²) in [6.45, 7) is 3.00. The van der Waals surface area contributed by atoms with Crippen LogP contribution in [0.15, 0.2) is 24.3 Å². The standard InChI is InChI=1S/C21H28N4O3/c26-20(24-10-12-28-13-11-24)15-25-18-9-5-4-8-17(18)23-19(25)14-22-21(27)16-6-2-1-3-7-16/h4-5,8-9,16H,1-3,6-7,10-15H2,(H,22,27). The molecule has 2 amide bonds. The van der Waals surface area contributed by atoms with Gasteiger partial charge in [-0.1, -0.05) is 31.4 Å². The minimum atomic E-state index is 0.0614. The van der Waals surface area contributed by atoms with Crippen molar-refractivity contribution < 1.29 is 14.3 Å². The molecule has 4 rings (SSSR count). The molecule has 1 saturated heterocycles. The van der Waals surface area contributed by atoms with Crippen molar-refractivity contribution in [2.24, 2.45) is 5.92 Å². The SMILES string of the molecule is O=C(NCc1nc2ccccc2n1CC(=O)N1CCOCC1)C1CCCCC1. The first kappa shape index (κ1) is 18.9. The highest BCUT2D eigenvalue weighted by Gasteiger charge is 2.23. The first-order chi connectivity index (χ1) is 13.7. The molecule has 0 spiro atoms. The molecule has 1 aromatic carbocycles. The third-order valence-corrected chi connectivity index (χ3v) is 5.79. The Morgan fingerprint density at radius 1 is 1.11 bits per heavy atom. The topological polar surface area (TPSA) is 76.5 Å². The lowest BCUT2D eigenvalue weighted by Gasteiger charge is -2.27. The number of carbonyl (C=O) groups excluding carboxylic acids is 2. The number of nitrogens with one attached hydrogen (secondary N) is 1. The van der Waals surface area contributed by atoms with E-state index in [4.69, 9.17) is 4.74 Å². The van der Waals surface area contributed by atoms with E-state index in [0.717, 1.165) is 42.5 Å². The van der Waals surface area contributed by atoms with E-state index >= 15 is 0 Å². The molecule has 0 atom stereocenters. The van der Waals surface area contributed by atoms with E-state index in [1.54, 1.807) is 0 Å². The van der Waals surface area contributed by atoms with E-state index in [9.17, 15) is 9.59 Å². The second-order valence-electron chi connectivity index (χ2n) is 7.65. The smallest absolute Gasteiger partial charge is 0.242 e. The minimum Gasteiger partial charge on any atom is -0.378 e. The molecular weight excluding hydrogens is 356 g/mol. The van der Waals surface area contributed by atoms with Crippen molar-refractivity contribution >= 4 is 22.8 Å². The maximum atomic E-state index is 12.8. The van der Waals surface area contributed by atoms with Gasteiger partial charge in [-0.15, -0.1) is 0 Å². The van der Waals surface area contributed by atoms with E-state index in [0.29, 0.717) is 32.8 Å². The normalized spacial score (nSPS) is 18.4. The van der Waals surface area contributed by atoms with Crippen molar-refractivity contribution in [1.82, 2.24) is 19.8 Å². The van der Waals surface area contributed by atoms with Gasteiger partial charge in [0.25, 0.3) is 0 Å². The largest absolute Gasteiger partial charge is 0.378 e. The lowest BCUT2D eigenvalue weighted by atomic mass is 9.89. The zero-order valence-corrected chi connectivity index (χ0v) is 16.2. The Hall–Kier alpha value is -2.41. The molecule has 2 heterocycles. The van der Waals surface area contributed by atoms with Gasteiger partial charge >= 0.3 is 0 Å². The molecule has 7 nitrogen and oxygen atoms in total. The number of hydrogen-bond acceptors (Lipinski definition) is 4. The first-order valence-corrected chi connectivity index (χ1v) is 10.3. The average Bonchev–Trinajstić information content (AvgIpc) is 3.10. The number of ether oxygens (including phenoxy) is 1. The fourth-order valence-electron chi connectivity index (χ4n) is 4.16. The highest BCUT2D eigenvalue weighted by Crippen LogP contribution is 2.24. The molecule has 1 N–H and O–H groups in total. The summed E-state index contributed by atoms with van der Waals surface area (Å²) < 4.78 is 7.28. The van der Waals surface area contributed by atoms with Gasteiger partial charge in [0.1, 0.15) is 12.4 Å². The van der Waals surface area contributed by atoms with Crippen molar-refractivity contribution in [3.05, 3.63) is 30.1 Å². The maximum Gasteiger partial charge on any atom is 0.242 e. The van der Waals surface area contributed by atoms with Crippen molar-refractivity contribution in [1.29, 1.82) is 0 Å². The molecule has 2 fully saturated rings. The monoisotopic (exact) mass is 384 g/mol. The summed E-state index contributed by atoms with van der Waals surface area (Å²) in [5.74, 6) is 1.01. The quantitative estimate of drug-likeness (QED) is 0.856. The molecule has 1 aliphatic heterocycles. The molecule has 7 heteroatoms. The zero-order valence-electron chi connectivity index (χ0n) is 16.2. The van der Waals surface area contributed by atoms with Gasteiger partial charge < -0.3 is 19.5 Å². The van der Waals surface area contributed by atoms with Gasteiger partial charge in [-0.05, 0) is 25.0 Å². The Morgan fingerprint density at radius 2 is 1.86 bits per heavy atom. The van der Waals surface area contributed by atoms with Crippen LogP contribution in [-0.2, 0) is 27.4 Å². The second-order valence-corrected chi connectivity index (χ2v) is 7.65. The zero-order chi connectivity index (χ0) is 19.3. The molecule has 0 unspecified atom stereocenters. The number of benzene rings is 1. The third kappa shape index (κ3) is 4.19. The summed E-state index contributed by atoms with van der Waals surface area (Å²) in [5.41, 5.74) is 1.77. The van der Waals surface area contributed by atoms with Crippen LogP contribution in [0.5, 0.6) is 0 Å². The summed E-state index contributed by atoms with van der Waals surface area (Å²) in [6.07, 6.45) is 5.42. The van der Waals surface area contributed by atoms with Gasteiger partial charge in [-0.25, -0.2) is 4.98 Å². The summed E-state index contributed by atoms with van der Waals surface area (Å²) in [7, 11) is 0. The van der Waals surface area contributed by atoms with Crippen LogP contribution in [0.4, 0.5) is 0 Å². The Labute approximate surface area is 165 Å². The van der Waals surface area contributed by atoms with Crippen LogP contribution in [0.25, 0.3) is 11.0 Å². The van der Waals surface area contributed by atoms with Crippen LogP contribution in [0.1, 0.15) is 37.9 Å². The average molecular weight is 384 g/mol. The molecule has 2 aliphatic rings. The number of fused-ring (bicyclic) bond motifs is 1. The fourth-order valence-corrected chi connectivity index (χ4v) is 4.16. The van der Waals surface area contributed by atoms with E-state index in [1.165, 1.54) is 6.42 Å². The lowest BCUT2D eigenvalue weighted by Crippen LogP contribution is -2.42. The van der Waals surface area contributed by atoms with Crippen LogP contribution in [0.3, 0.4) is 0 Å². The van der Waals surface area contributed by atoms with Crippen LogP contribution < -0.4 is 5.32 Å². The first-order valence-electron chi connectivity index (χ1n) is 10.3. The number of aromatic nitrogens is 2. The fraction of sp³-hybridized carbons (Fsp3) is 0.571. The number of nitrogens with zero attached hydrogens (tertiary/aromatic N) is 3. The maximum absolute atomic E-state index is 12.8. The van der Waals surface area contributed by atoms with Gasteiger partial charge in [0, 0.05) is 19.0 Å². The summed E-state index contributed by atoms with van der Waals surface area (Å²) >= 11 is 0. The van der Waals surface area contributed by atoms with E-state index in [1.807, 2.05) is 33.7 Å². The Bertz CT molecular complexity index is 835. The molecule has 0 radical (unpaired) electrons. The van der Waals surface area contributed by atoms with Crippen molar-refractivity contribution in [2.45, 2.75) is 45.2 Å². The highest BCUT2D eigenvalue weighted by atomic mass is 16.5. The van der Waals surface area contributed by atoms with Gasteiger partial charge in [0.05, 0.1) is 30.8 Å². The number of amides is 2. The molecule has 150 valence electrons. The lowest BCUT2D eigenvalue weighted by molar-refractivity contribution is -0.135. The number of rotatable bonds is 5. The molecule has 1 aliphatic carbocycles. The predicted octanol–water partition coefficient (Wildman–Crippen LogP) is 2.09. The molecule has 1 saturated carbocycles. The molecule has 28 heavy (non-hydrogen) atoms. The minimum absolute atomic E-state index is 0.0614. The van der Waals surface area contributed by atoms with Crippen molar-refractivity contribution in [3.63, 3.8) is 0 Å². The van der Waals surface area contributed by atoms with Crippen molar-refractivity contribution in [2.75, 3.05) is 26.3 Å². The third-order valence-electron chi connectivity index (χ3n) is 5.79. The van der Waals surface area contributed by atoms with Gasteiger partial charge in [-0.3, -0.25) is 9.59 Å². The van der Waals surface area contributed by atoms with E-state index < -0.39 is 0 Å². The van der Waals surface area contributed by atoms with Crippen LogP contribution >= 0.6 is 0 Å². The predicted molar refractivity (Wildman–Crippen MR) is 106 cm³/mol. The number of para-hydroxylation sites is 2. The molecule has 0 bridgehead atoms. The molecular formula is C21H28N4O3. The molecule has 2 aromatic rings. The summed E-state index contributed by atoms with van der Waals surface area (Å²) in [6, 6.07) is 7.80. The second kappa shape index (κ2) is 8.73. The molecule has 1 aromatic heterocycles. The number of hydrogen-bond donors (Lipinski definition) is 1. The number of imidazole rings is 1. The van der Waals surface area contributed by atoms with Crippen molar-refractivity contribution in [3.8, 4) is 0 Å². The van der Waals surface area contributed by atoms with Gasteiger partial charge in [-0.2, -0.15) is 0 Å². The van der Waals surface area contributed by atoms with Gasteiger partial charge in [0.15, 0.2) is 0 Å². The highest BCUT2D eigenvalue weighted by molar-refractivity contribution is 5.82.